The predicted molar refractivity (Wildman–Crippen MR) is 99.5 cm³/mol. The van der Waals surface area contributed by atoms with Crippen molar-refractivity contribution in [3.8, 4) is 0 Å². The van der Waals surface area contributed by atoms with Crippen molar-refractivity contribution in [2.45, 2.75) is 0 Å². The number of rotatable bonds is 10. The van der Waals surface area contributed by atoms with Gasteiger partial charge in [-0.15, -0.1) is 0 Å². The Kier molecular flexibility index (Phi) is 7.34. The van der Waals surface area contributed by atoms with Gasteiger partial charge in [-0.2, -0.15) is 0 Å². The molecule has 0 bridgehead atoms. The first-order valence-corrected chi connectivity index (χ1v) is 9.27. The summed E-state index contributed by atoms with van der Waals surface area (Å²) in [4.78, 5) is 44.2. The van der Waals surface area contributed by atoms with Crippen molar-refractivity contribution in [1.82, 2.24) is 16.0 Å². The first kappa shape index (κ1) is 20.4. The van der Waals surface area contributed by atoms with Crippen LogP contribution in [0, 0.1) is 20.2 Å². The minimum absolute atomic E-state index is 0.0925. The molecule has 2 aromatic rings. The molecule has 2 aromatic heterocycles. The van der Waals surface area contributed by atoms with E-state index in [0.29, 0.717) is 26.2 Å². The molecule has 3 N–H and O–H groups in total. The molecule has 0 atom stereocenters. The molecule has 0 aliphatic heterocycles. The Bertz CT molecular complexity index is 780. The average Bonchev–Trinajstić information content (AvgIpc) is 3.30. The second-order valence-corrected chi connectivity index (χ2v) is 7.18. The Morgan fingerprint density at radius 1 is 0.778 bits per heavy atom. The van der Waals surface area contributed by atoms with Gasteiger partial charge in [-0.3, -0.25) is 29.8 Å². The molecule has 13 heteroatoms. The molecule has 2 rings (SSSR count). The summed E-state index contributed by atoms with van der Waals surface area (Å²) in [6, 6.07) is 5.36. The van der Waals surface area contributed by atoms with E-state index in [4.69, 9.17) is 0 Å². The Labute approximate surface area is 160 Å². The lowest BCUT2D eigenvalue weighted by molar-refractivity contribution is -0.380. The maximum absolute atomic E-state index is 11.8. The first-order chi connectivity index (χ1) is 12.9. The van der Waals surface area contributed by atoms with Gasteiger partial charge < -0.3 is 16.0 Å². The van der Waals surface area contributed by atoms with E-state index < -0.39 is 9.85 Å². The summed E-state index contributed by atoms with van der Waals surface area (Å²) >= 11 is 1.61. The van der Waals surface area contributed by atoms with Crippen molar-refractivity contribution >= 4 is 44.5 Å². The van der Waals surface area contributed by atoms with Gasteiger partial charge in [-0.25, -0.2) is 0 Å². The van der Waals surface area contributed by atoms with Gasteiger partial charge in [0.1, 0.15) is 0 Å². The van der Waals surface area contributed by atoms with E-state index in [1.165, 1.54) is 24.3 Å². The normalized spacial score (nSPS) is 10.4. The van der Waals surface area contributed by atoms with Crippen molar-refractivity contribution < 1.29 is 19.4 Å². The molecule has 0 aliphatic carbocycles. The van der Waals surface area contributed by atoms with Crippen LogP contribution in [0.5, 0.6) is 0 Å². The highest BCUT2D eigenvalue weighted by Gasteiger charge is 2.15. The standard InChI is InChI=1S/C14H15N5O6S2/c20-13(9-1-3-11(26-9)18(22)23)16-7-5-15-6-8-17-14(21)10-2-4-12(27-10)19(24)25/h1-4,15H,5-8H2,(H,16,20)(H,17,21). The van der Waals surface area contributed by atoms with Gasteiger partial charge in [-0.1, -0.05) is 22.7 Å². The van der Waals surface area contributed by atoms with Gasteiger partial charge >= 0.3 is 10.0 Å². The molecule has 0 radical (unpaired) electrons. The molecule has 0 fully saturated rings. The van der Waals surface area contributed by atoms with Crippen molar-refractivity contribution in [3.63, 3.8) is 0 Å². The smallest absolute Gasteiger partial charge is 0.324 e. The number of nitro groups is 2. The maximum Gasteiger partial charge on any atom is 0.324 e. The predicted octanol–water partition coefficient (Wildman–Crippen LogP) is 1.38. The largest absolute Gasteiger partial charge is 0.350 e. The highest BCUT2D eigenvalue weighted by Crippen LogP contribution is 2.24. The molecule has 0 spiro atoms. The second kappa shape index (κ2) is 9.70. The van der Waals surface area contributed by atoms with E-state index >= 15 is 0 Å². The fraction of sp³-hybridized carbons (Fsp3) is 0.286. The van der Waals surface area contributed by atoms with Crippen LogP contribution in [0.1, 0.15) is 19.3 Å². The van der Waals surface area contributed by atoms with E-state index in [0.717, 1.165) is 22.7 Å². The lowest BCUT2D eigenvalue weighted by Gasteiger charge is -2.07. The SMILES string of the molecule is O=C(NCCNCCNC(=O)c1ccc([N+](=O)[O-])s1)c1ccc([N+](=O)[O-])s1. The molecular formula is C14H15N5O6S2. The van der Waals surface area contributed by atoms with Crippen molar-refractivity contribution in [2.24, 2.45) is 0 Å². The fourth-order valence-electron chi connectivity index (χ4n) is 1.92. The molecule has 144 valence electrons. The maximum atomic E-state index is 11.8. The average molecular weight is 413 g/mol. The lowest BCUT2D eigenvalue weighted by Crippen LogP contribution is -2.36. The van der Waals surface area contributed by atoms with E-state index in [1.807, 2.05) is 0 Å². The van der Waals surface area contributed by atoms with Gasteiger partial charge in [0.25, 0.3) is 11.8 Å². The molecule has 0 saturated carbocycles. The van der Waals surface area contributed by atoms with Gasteiger partial charge in [-0.05, 0) is 12.1 Å². The van der Waals surface area contributed by atoms with Crippen LogP contribution < -0.4 is 16.0 Å². The third-order valence-corrected chi connectivity index (χ3v) is 5.24. The number of carbonyl (C=O) groups excluding carboxylic acids is 2. The summed E-state index contributed by atoms with van der Waals surface area (Å²) < 4.78 is 0. The quantitative estimate of drug-likeness (QED) is 0.302. The summed E-state index contributed by atoms with van der Waals surface area (Å²) in [6.45, 7) is 1.52. The summed E-state index contributed by atoms with van der Waals surface area (Å²) in [5, 5.41) is 29.2. The third kappa shape index (κ3) is 6.09. The summed E-state index contributed by atoms with van der Waals surface area (Å²) in [7, 11) is 0. The van der Waals surface area contributed by atoms with Crippen LogP contribution in [-0.2, 0) is 0 Å². The second-order valence-electron chi connectivity index (χ2n) is 5.05. The van der Waals surface area contributed by atoms with Gasteiger partial charge in [0.2, 0.25) is 0 Å². The Hall–Kier alpha value is -2.90. The van der Waals surface area contributed by atoms with E-state index in [1.54, 1.807) is 0 Å². The number of amides is 2. The summed E-state index contributed by atoms with van der Waals surface area (Å²) in [5.74, 6) is -0.773. The number of hydrogen-bond acceptors (Lipinski definition) is 9. The molecule has 11 nitrogen and oxygen atoms in total. The van der Waals surface area contributed by atoms with E-state index in [-0.39, 0.29) is 31.6 Å². The highest BCUT2D eigenvalue weighted by atomic mass is 32.1. The molecule has 27 heavy (non-hydrogen) atoms. The van der Waals surface area contributed by atoms with Crippen LogP contribution in [0.4, 0.5) is 10.0 Å². The van der Waals surface area contributed by atoms with Crippen LogP contribution in [0.25, 0.3) is 0 Å². The molecule has 0 saturated heterocycles. The molecule has 2 amide bonds. The van der Waals surface area contributed by atoms with Crippen molar-refractivity contribution in [2.75, 3.05) is 26.2 Å². The molecular weight excluding hydrogens is 398 g/mol. The summed E-state index contributed by atoms with van der Waals surface area (Å²) in [5.41, 5.74) is 0. The van der Waals surface area contributed by atoms with Crippen molar-refractivity contribution in [1.29, 1.82) is 0 Å². The number of hydrogen-bond donors (Lipinski definition) is 3. The zero-order chi connectivity index (χ0) is 19.8. The molecule has 0 unspecified atom stereocenters. The Morgan fingerprint density at radius 3 is 1.52 bits per heavy atom. The summed E-state index contributed by atoms with van der Waals surface area (Å²) in [6.07, 6.45) is 0. The van der Waals surface area contributed by atoms with Gasteiger partial charge in [0.15, 0.2) is 0 Å². The van der Waals surface area contributed by atoms with Gasteiger partial charge in [0.05, 0.1) is 19.6 Å². The van der Waals surface area contributed by atoms with Crippen LogP contribution in [0.3, 0.4) is 0 Å². The van der Waals surface area contributed by atoms with Crippen LogP contribution in [0.2, 0.25) is 0 Å². The minimum atomic E-state index is -0.550. The molecule has 0 aromatic carbocycles. The fourth-order valence-corrected chi connectivity index (χ4v) is 3.40. The Morgan fingerprint density at radius 2 is 1.19 bits per heavy atom. The minimum Gasteiger partial charge on any atom is -0.350 e. The first-order valence-electron chi connectivity index (χ1n) is 7.64. The van der Waals surface area contributed by atoms with Crippen LogP contribution >= 0.6 is 22.7 Å². The van der Waals surface area contributed by atoms with Gasteiger partial charge in [0, 0.05) is 38.3 Å². The topological polar surface area (TPSA) is 157 Å². The monoisotopic (exact) mass is 413 g/mol. The Balaban J connectivity index is 1.58. The highest BCUT2D eigenvalue weighted by molar-refractivity contribution is 7.17. The number of nitrogens with one attached hydrogen (secondary N) is 3. The number of nitrogens with zero attached hydrogens (tertiary/aromatic N) is 2. The van der Waals surface area contributed by atoms with Crippen LogP contribution in [0.15, 0.2) is 24.3 Å². The van der Waals surface area contributed by atoms with E-state index in [2.05, 4.69) is 16.0 Å². The molecule has 0 aliphatic rings. The third-order valence-electron chi connectivity index (χ3n) is 3.17. The zero-order valence-corrected chi connectivity index (χ0v) is 15.4. The van der Waals surface area contributed by atoms with Crippen molar-refractivity contribution in [3.05, 3.63) is 54.2 Å². The zero-order valence-electron chi connectivity index (χ0n) is 13.8. The lowest BCUT2D eigenvalue weighted by atomic mass is 10.4. The number of thiophene rings is 2. The molecule has 2 heterocycles. The number of carbonyl (C=O) groups is 2. The van der Waals surface area contributed by atoms with E-state index in [9.17, 15) is 29.8 Å². The van der Waals surface area contributed by atoms with Crippen LogP contribution in [-0.4, -0.2) is 47.8 Å².